The molecule has 0 amide bonds. The second kappa shape index (κ2) is 6.32. The topological polar surface area (TPSA) is 79.7 Å². The first-order valence-corrected chi connectivity index (χ1v) is 7.34. The molecular weight excluding hydrogens is 280 g/mol. The van der Waals surface area contributed by atoms with Crippen LogP contribution in [0.4, 0.5) is 5.13 Å². The molecule has 2 heterocycles. The first kappa shape index (κ1) is 14.9. The quantitative estimate of drug-likeness (QED) is 0.667. The third-order valence-electron chi connectivity index (χ3n) is 3.36. The maximum Gasteiger partial charge on any atom is 0.358 e. The summed E-state index contributed by atoms with van der Waals surface area (Å²) in [5.41, 5.74) is 0.0890. The molecular formula is C13H18N2O4S. The molecule has 1 N–H and O–H groups in total. The van der Waals surface area contributed by atoms with E-state index in [0.29, 0.717) is 16.6 Å². The summed E-state index contributed by atoms with van der Waals surface area (Å²) >= 11 is 1.21. The summed E-state index contributed by atoms with van der Waals surface area (Å²) < 4.78 is 4.66. The first-order valence-electron chi connectivity index (χ1n) is 6.52. The van der Waals surface area contributed by atoms with E-state index < -0.39 is 5.97 Å². The molecule has 1 fully saturated rings. The highest BCUT2D eigenvalue weighted by molar-refractivity contribution is 7.17. The van der Waals surface area contributed by atoms with Gasteiger partial charge < -0.3 is 14.7 Å². The third kappa shape index (κ3) is 2.99. The van der Waals surface area contributed by atoms with Crippen molar-refractivity contribution in [2.75, 3.05) is 31.7 Å². The van der Waals surface area contributed by atoms with Gasteiger partial charge in [0.05, 0.1) is 7.11 Å². The van der Waals surface area contributed by atoms with Crippen molar-refractivity contribution in [2.45, 2.75) is 19.8 Å². The number of nitrogens with zero attached hydrogens (tertiary/aromatic N) is 2. The van der Waals surface area contributed by atoms with Crippen molar-refractivity contribution >= 4 is 28.2 Å². The van der Waals surface area contributed by atoms with E-state index in [4.69, 9.17) is 0 Å². The second-order valence-corrected chi connectivity index (χ2v) is 5.84. The molecule has 7 heteroatoms. The third-order valence-corrected chi connectivity index (χ3v) is 4.58. The standard InChI is InChI=1S/C13H18N2O4S/c1-8(17)11-10(12(18)19-2)14-13(20-11)15-5-3-4-9(6-15)7-16/h9,16H,3-7H2,1-2H3. The minimum absolute atomic E-state index is 0.0890. The summed E-state index contributed by atoms with van der Waals surface area (Å²) in [6.45, 7) is 3.08. The van der Waals surface area contributed by atoms with Gasteiger partial charge in [0.2, 0.25) is 0 Å². The van der Waals surface area contributed by atoms with Crippen LogP contribution in [-0.2, 0) is 4.74 Å². The van der Waals surface area contributed by atoms with Crippen LogP contribution in [0, 0.1) is 5.92 Å². The number of carbonyl (C=O) groups is 2. The van der Waals surface area contributed by atoms with E-state index in [9.17, 15) is 14.7 Å². The Kier molecular flexibility index (Phi) is 4.72. The van der Waals surface area contributed by atoms with Gasteiger partial charge in [-0.1, -0.05) is 11.3 Å². The van der Waals surface area contributed by atoms with Crippen molar-refractivity contribution in [3.8, 4) is 0 Å². The van der Waals surface area contributed by atoms with Gasteiger partial charge in [-0.25, -0.2) is 9.78 Å². The number of aliphatic hydroxyl groups excluding tert-OH is 1. The van der Waals surface area contributed by atoms with Gasteiger partial charge in [-0.2, -0.15) is 0 Å². The molecule has 1 aliphatic rings. The van der Waals surface area contributed by atoms with Gasteiger partial charge >= 0.3 is 5.97 Å². The Bertz CT molecular complexity index is 514. The minimum Gasteiger partial charge on any atom is -0.464 e. The van der Waals surface area contributed by atoms with Gasteiger partial charge in [0, 0.05) is 26.6 Å². The highest BCUT2D eigenvalue weighted by atomic mass is 32.1. The molecule has 0 aromatic carbocycles. The van der Waals surface area contributed by atoms with Crippen LogP contribution in [-0.4, -0.2) is 48.6 Å². The molecule has 1 aliphatic heterocycles. The summed E-state index contributed by atoms with van der Waals surface area (Å²) in [5, 5.41) is 9.91. The molecule has 1 aromatic rings. The predicted octanol–water partition coefficient (Wildman–Crippen LogP) is 1.34. The fourth-order valence-corrected chi connectivity index (χ4v) is 3.29. The predicted molar refractivity (Wildman–Crippen MR) is 75.5 cm³/mol. The van der Waals surface area contributed by atoms with Crippen molar-refractivity contribution < 1.29 is 19.4 Å². The van der Waals surface area contributed by atoms with Crippen LogP contribution in [0.1, 0.15) is 39.9 Å². The molecule has 1 aromatic heterocycles. The number of hydrogen-bond acceptors (Lipinski definition) is 7. The molecule has 0 aliphatic carbocycles. The number of aromatic nitrogens is 1. The van der Waals surface area contributed by atoms with E-state index in [1.165, 1.54) is 25.4 Å². The van der Waals surface area contributed by atoms with Crippen molar-refractivity contribution in [3.63, 3.8) is 0 Å². The zero-order valence-electron chi connectivity index (χ0n) is 11.6. The number of rotatable bonds is 4. The number of ether oxygens (including phenoxy) is 1. The zero-order chi connectivity index (χ0) is 14.7. The van der Waals surface area contributed by atoms with Gasteiger partial charge in [0.15, 0.2) is 16.6 Å². The zero-order valence-corrected chi connectivity index (χ0v) is 12.4. The van der Waals surface area contributed by atoms with Crippen LogP contribution in [0.25, 0.3) is 0 Å². The monoisotopic (exact) mass is 298 g/mol. The van der Waals surface area contributed by atoms with Crippen LogP contribution in [0.2, 0.25) is 0 Å². The van der Waals surface area contributed by atoms with Crippen molar-refractivity contribution in [1.29, 1.82) is 0 Å². The molecule has 1 saturated heterocycles. The summed E-state index contributed by atoms with van der Waals surface area (Å²) in [6, 6.07) is 0. The SMILES string of the molecule is COC(=O)c1nc(N2CCCC(CO)C2)sc1C(C)=O. The number of methoxy groups -OCH3 is 1. The Morgan fingerprint density at radius 3 is 2.90 bits per heavy atom. The summed E-state index contributed by atoms with van der Waals surface area (Å²) in [5.74, 6) is -0.562. The number of thiazole rings is 1. The largest absolute Gasteiger partial charge is 0.464 e. The Labute approximate surface area is 121 Å². The number of ketones is 1. The molecule has 0 saturated carbocycles. The summed E-state index contributed by atoms with van der Waals surface area (Å²) in [4.78, 5) is 29.9. The molecule has 0 spiro atoms. The van der Waals surface area contributed by atoms with E-state index in [-0.39, 0.29) is 24.0 Å². The minimum atomic E-state index is -0.589. The maximum absolute atomic E-state index is 11.7. The lowest BCUT2D eigenvalue weighted by Crippen LogP contribution is -2.36. The number of aliphatic hydroxyl groups is 1. The van der Waals surface area contributed by atoms with Crippen molar-refractivity contribution in [2.24, 2.45) is 5.92 Å². The van der Waals surface area contributed by atoms with Crippen molar-refractivity contribution in [3.05, 3.63) is 10.6 Å². The molecule has 0 bridgehead atoms. The van der Waals surface area contributed by atoms with E-state index in [1.807, 2.05) is 4.90 Å². The molecule has 20 heavy (non-hydrogen) atoms. The highest BCUT2D eigenvalue weighted by Gasteiger charge is 2.27. The average Bonchev–Trinajstić information content (AvgIpc) is 2.92. The molecule has 2 rings (SSSR count). The van der Waals surface area contributed by atoms with Gasteiger partial charge in [-0.3, -0.25) is 4.79 Å². The van der Waals surface area contributed by atoms with Crippen LogP contribution in [0.3, 0.4) is 0 Å². The molecule has 1 unspecified atom stereocenters. The lowest BCUT2D eigenvalue weighted by Gasteiger charge is -2.31. The molecule has 6 nitrogen and oxygen atoms in total. The summed E-state index contributed by atoms with van der Waals surface area (Å²) in [6.07, 6.45) is 1.95. The van der Waals surface area contributed by atoms with Crippen LogP contribution in [0.5, 0.6) is 0 Å². The van der Waals surface area contributed by atoms with E-state index in [0.717, 1.165) is 19.4 Å². The second-order valence-electron chi connectivity index (χ2n) is 4.86. The lowest BCUT2D eigenvalue weighted by atomic mass is 10.00. The normalized spacial score (nSPS) is 18.9. The Hall–Kier alpha value is -1.47. The maximum atomic E-state index is 11.7. The number of carbonyl (C=O) groups excluding carboxylic acids is 2. The number of hydrogen-bond donors (Lipinski definition) is 1. The highest BCUT2D eigenvalue weighted by Crippen LogP contribution is 2.30. The van der Waals surface area contributed by atoms with Gasteiger partial charge in [0.1, 0.15) is 4.88 Å². The number of Topliss-reactive ketones (excluding diaryl/α,β-unsaturated/α-hetero) is 1. The van der Waals surface area contributed by atoms with Gasteiger partial charge in [-0.15, -0.1) is 0 Å². The fraction of sp³-hybridized carbons (Fsp3) is 0.615. The Balaban J connectivity index is 2.28. The Morgan fingerprint density at radius 1 is 1.55 bits per heavy atom. The molecule has 110 valence electrons. The molecule has 1 atom stereocenters. The number of anilines is 1. The smallest absolute Gasteiger partial charge is 0.358 e. The molecule has 0 radical (unpaired) electrons. The summed E-state index contributed by atoms with van der Waals surface area (Å²) in [7, 11) is 1.27. The first-order chi connectivity index (χ1) is 9.56. The van der Waals surface area contributed by atoms with E-state index >= 15 is 0 Å². The van der Waals surface area contributed by atoms with Crippen LogP contribution >= 0.6 is 11.3 Å². The Morgan fingerprint density at radius 2 is 2.30 bits per heavy atom. The van der Waals surface area contributed by atoms with Crippen LogP contribution < -0.4 is 4.90 Å². The van der Waals surface area contributed by atoms with Gasteiger partial charge in [-0.05, 0) is 18.8 Å². The van der Waals surface area contributed by atoms with Gasteiger partial charge in [0.25, 0.3) is 0 Å². The van der Waals surface area contributed by atoms with E-state index in [1.54, 1.807) is 0 Å². The lowest BCUT2D eigenvalue weighted by molar-refractivity contribution is 0.0591. The van der Waals surface area contributed by atoms with Crippen molar-refractivity contribution in [1.82, 2.24) is 4.98 Å². The number of piperidine rings is 1. The fourth-order valence-electron chi connectivity index (χ4n) is 2.31. The number of esters is 1. The van der Waals surface area contributed by atoms with E-state index in [2.05, 4.69) is 9.72 Å². The van der Waals surface area contributed by atoms with Crippen LogP contribution in [0.15, 0.2) is 0 Å². The average molecular weight is 298 g/mol.